The maximum atomic E-state index is 12.7. The Labute approximate surface area is 165 Å². The summed E-state index contributed by atoms with van der Waals surface area (Å²) in [5.41, 5.74) is 1.46. The molecule has 146 valence electrons. The summed E-state index contributed by atoms with van der Waals surface area (Å²) in [5, 5.41) is 18.1. The number of hydrogen-bond donors (Lipinski definition) is 0. The molecule has 0 atom stereocenters. The van der Waals surface area contributed by atoms with E-state index in [4.69, 9.17) is 0 Å². The van der Waals surface area contributed by atoms with E-state index in [0.717, 1.165) is 69.2 Å². The molecule has 0 bridgehead atoms. The Morgan fingerprint density at radius 2 is 1.79 bits per heavy atom. The van der Waals surface area contributed by atoms with Gasteiger partial charge < -0.3 is 9.80 Å². The van der Waals surface area contributed by atoms with E-state index >= 15 is 0 Å². The van der Waals surface area contributed by atoms with Gasteiger partial charge in [0.2, 0.25) is 11.9 Å². The average molecular weight is 378 g/mol. The molecule has 0 N–H and O–H groups in total. The molecule has 0 spiro atoms. The average Bonchev–Trinajstić information content (AvgIpc) is 3.42. The second-order valence-corrected chi connectivity index (χ2v) is 7.55. The quantitative estimate of drug-likeness (QED) is 0.799. The molecule has 1 amide bonds. The minimum Gasteiger partial charge on any atom is -0.343 e. The first-order chi connectivity index (χ1) is 13.8. The van der Waals surface area contributed by atoms with Crippen molar-refractivity contribution in [3.05, 3.63) is 29.8 Å². The molecule has 2 aliphatic rings. The Morgan fingerprint density at radius 3 is 2.54 bits per heavy atom. The van der Waals surface area contributed by atoms with Gasteiger partial charge in [0, 0.05) is 44.7 Å². The highest BCUT2D eigenvalue weighted by Crippen LogP contribution is 2.26. The largest absolute Gasteiger partial charge is 0.343 e. The number of carbonyl (C=O) groups is 1. The molecule has 7 heteroatoms. The lowest BCUT2D eigenvalue weighted by Crippen LogP contribution is -2.36. The molecule has 4 rings (SSSR count). The van der Waals surface area contributed by atoms with Gasteiger partial charge in [-0.05, 0) is 44.2 Å². The number of nitrogens with zero attached hydrogens (tertiary/aromatic N) is 6. The first-order valence-corrected chi connectivity index (χ1v) is 10.2. The summed E-state index contributed by atoms with van der Waals surface area (Å²) in [5.74, 6) is 1.77. The number of hydrogen-bond acceptors (Lipinski definition) is 5. The fourth-order valence-corrected chi connectivity index (χ4v) is 4.10. The molecule has 28 heavy (non-hydrogen) atoms. The minimum absolute atomic E-state index is 0.206. The van der Waals surface area contributed by atoms with Gasteiger partial charge in [0.25, 0.3) is 0 Å². The molecule has 3 heterocycles. The maximum Gasteiger partial charge on any atom is 0.227 e. The SMILES string of the molecule is N#Cc1cccc(-c2nnc(N3CCCC3)n2CCC(=O)N2CCCCC2)c1. The normalized spacial score (nSPS) is 17.0. The van der Waals surface area contributed by atoms with Crippen LogP contribution >= 0.6 is 0 Å². The number of piperidine rings is 1. The molecule has 2 aromatic rings. The van der Waals surface area contributed by atoms with Gasteiger partial charge in [-0.3, -0.25) is 9.36 Å². The molecule has 2 aliphatic heterocycles. The Morgan fingerprint density at radius 1 is 1.04 bits per heavy atom. The lowest BCUT2D eigenvalue weighted by molar-refractivity contribution is -0.132. The van der Waals surface area contributed by atoms with Gasteiger partial charge in [-0.1, -0.05) is 12.1 Å². The predicted molar refractivity (Wildman–Crippen MR) is 107 cm³/mol. The van der Waals surface area contributed by atoms with Gasteiger partial charge in [0.15, 0.2) is 5.82 Å². The highest BCUT2D eigenvalue weighted by atomic mass is 16.2. The number of carbonyl (C=O) groups excluding carboxylic acids is 1. The molecule has 0 unspecified atom stereocenters. The monoisotopic (exact) mass is 378 g/mol. The van der Waals surface area contributed by atoms with E-state index in [0.29, 0.717) is 18.5 Å². The number of aromatic nitrogens is 3. The lowest BCUT2D eigenvalue weighted by atomic mass is 10.1. The van der Waals surface area contributed by atoms with Crippen LogP contribution in [0, 0.1) is 11.3 Å². The number of anilines is 1. The first kappa shape index (κ1) is 18.5. The third-order valence-corrected chi connectivity index (χ3v) is 5.63. The van der Waals surface area contributed by atoms with Crippen LogP contribution in [0.2, 0.25) is 0 Å². The summed E-state index contributed by atoms with van der Waals surface area (Å²) >= 11 is 0. The summed E-state index contributed by atoms with van der Waals surface area (Å²) in [4.78, 5) is 16.9. The summed E-state index contributed by atoms with van der Waals surface area (Å²) in [6.07, 6.45) is 6.17. The zero-order chi connectivity index (χ0) is 19.3. The van der Waals surface area contributed by atoms with Crippen molar-refractivity contribution in [2.75, 3.05) is 31.1 Å². The topological polar surface area (TPSA) is 78.0 Å². The molecular formula is C21H26N6O. The summed E-state index contributed by atoms with van der Waals surface area (Å²) in [6.45, 7) is 4.24. The summed E-state index contributed by atoms with van der Waals surface area (Å²) in [6, 6.07) is 9.61. The van der Waals surface area contributed by atoms with Gasteiger partial charge in [-0.2, -0.15) is 5.26 Å². The summed E-state index contributed by atoms with van der Waals surface area (Å²) in [7, 11) is 0. The Kier molecular flexibility index (Phi) is 5.56. The Hall–Kier alpha value is -2.88. The van der Waals surface area contributed by atoms with Crippen LogP contribution in [-0.2, 0) is 11.3 Å². The van der Waals surface area contributed by atoms with Gasteiger partial charge in [-0.15, -0.1) is 10.2 Å². The maximum absolute atomic E-state index is 12.7. The summed E-state index contributed by atoms with van der Waals surface area (Å²) < 4.78 is 2.06. The molecule has 2 fully saturated rings. The molecule has 0 radical (unpaired) electrons. The smallest absolute Gasteiger partial charge is 0.227 e. The van der Waals surface area contributed by atoms with Crippen LogP contribution in [0.25, 0.3) is 11.4 Å². The fourth-order valence-electron chi connectivity index (χ4n) is 4.10. The second-order valence-electron chi connectivity index (χ2n) is 7.55. The van der Waals surface area contributed by atoms with Crippen LogP contribution in [0.1, 0.15) is 44.1 Å². The van der Waals surface area contributed by atoms with Gasteiger partial charge in [0.05, 0.1) is 11.6 Å². The molecule has 0 saturated carbocycles. The second kappa shape index (κ2) is 8.42. The van der Waals surface area contributed by atoms with Crippen LogP contribution in [0.15, 0.2) is 24.3 Å². The van der Waals surface area contributed by atoms with Crippen LogP contribution in [0.4, 0.5) is 5.95 Å². The third-order valence-electron chi connectivity index (χ3n) is 5.63. The molecule has 7 nitrogen and oxygen atoms in total. The van der Waals surface area contributed by atoms with Gasteiger partial charge >= 0.3 is 0 Å². The van der Waals surface area contributed by atoms with Crippen LogP contribution < -0.4 is 4.90 Å². The predicted octanol–water partition coefficient (Wildman–Crippen LogP) is 2.82. The van der Waals surface area contributed by atoms with E-state index in [1.54, 1.807) is 6.07 Å². The standard InChI is InChI=1S/C21H26N6O/c22-16-17-7-6-8-18(15-17)20-23-24-21(26-12-4-5-13-26)27(20)14-9-19(28)25-10-2-1-3-11-25/h6-8,15H,1-5,9-14H2. The number of nitriles is 1. The minimum atomic E-state index is 0.206. The van der Waals surface area contributed by atoms with Crippen LogP contribution in [0.5, 0.6) is 0 Å². The van der Waals surface area contributed by atoms with Crippen molar-refractivity contribution >= 4 is 11.9 Å². The van der Waals surface area contributed by atoms with Crippen LogP contribution in [0.3, 0.4) is 0 Å². The molecule has 1 aromatic carbocycles. The van der Waals surface area contributed by atoms with E-state index in [2.05, 4.69) is 25.7 Å². The van der Waals surface area contributed by atoms with E-state index in [9.17, 15) is 10.1 Å². The van der Waals surface area contributed by atoms with Crippen molar-refractivity contribution in [1.82, 2.24) is 19.7 Å². The van der Waals surface area contributed by atoms with Crippen molar-refractivity contribution in [3.63, 3.8) is 0 Å². The highest BCUT2D eigenvalue weighted by Gasteiger charge is 2.23. The van der Waals surface area contributed by atoms with Gasteiger partial charge in [0.1, 0.15) is 0 Å². The fraction of sp³-hybridized carbons (Fsp3) is 0.524. The van der Waals surface area contributed by atoms with E-state index in [1.807, 2.05) is 23.1 Å². The zero-order valence-corrected chi connectivity index (χ0v) is 16.2. The highest BCUT2D eigenvalue weighted by molar-refractivity contribution is 5.76. The van der Waals surface area contributed by atoms with Crippen molar-refractivity contribution in [3.8, 4) is 17.5 Å². The van der Waals surface area contributed by atoms with Crippen molar-refractivity contribution in [2.24, 2.45) is 0 Å². The Bertz CT molecular complexity index is 871. The van der Waals surface area contributed by atoms with Crippen molar-refractivity contribution in [2.45, 2.75) is 45.1 Å². The number of amides is 1. The zero-order valence-electron chi connectivity index (χ0n) is 16.2. The van der Waals surface area contributed by atoms with Crippen molar-refractivity contribution < 1.29 is 4.79 Å². The van der Waals surface area contributed by atoms with Crippen molar-refractivity contribution in [1.29, 1.82) is 5.26 Å². The van der Waals surface area contributed by atoms with Gasteiger partial charge in [-0.25, -0.2) is 0 Å². The molecular weight excluding hydrogens is 352 g/mol. The molecule has 2 saturated heterocycles. The number of rotatable bonds is 5. The molecule has 1 aromatic heterocycles. The van der Waals surface area contributed by atoms with E-state index in [-0.39, 0.29) is 5.91 Å². The third kappa shape index (κ3) is 3.86. The van der Waals surface area contributed by atoms with E-state index < -0.39 is 0 Å². The first-order valence-electron chi connectivity index (χ1n) is 10.2. The molecule has 0 aliphatic carbocycles. The number of benzene rings is 1. The Balaban J connectivity index is 1.60. The number of likely N-dealkylation sites (tertiary alicyclic amines) is 1. The lowest BCUT2D eigenvalue weighted by Gasteiger charge is -2.27. The van der Waals surface area contributed by atoms with E-state index in [1.165, 1.54) is 6.42 Å². The van der Waals surface area contributed by atoms with Crippen LogP contribution in [-0.4, -0.2) is 51.8 Å².